The topological polar surface area (TPSA) is 105 Å². The molecule has 3 amide bonds. The fourth-order valence-electron chi connectivity index (χ4n) is 3.93. The maximum atomic E-state index is 14.9. The number of hydrogen-bond donors (Lipinski definition) is 2. The predicted molar refractivity (Wildman–Crippen MR) is 116 cm³/mol. The van der Waals surface area contributed by atoms with Crippen molar-refractivity contribution >= 4 is 23.6 Å². The molecule has 32 heavy (non-hydrogen) atoms. The summed E-state index contributed by atoms with van der Waals surface area (Å²) < 4.78 is 20.1. The molecule has 2 aliphatic rings. The Morgan fingerprint density at radius 2 is 1.88 bits per heavy atom. The van der Waals surface area contributed by atoms with Crippen molar-refractivity contribution < 1.29 is 23.5 Å². The molecule has 2 heterocycles. The smallest absolute Gasteiger partial charge is 0.414 e. The van der Waals surface area contributed by atoms with Gasteiger partial charge in [-0.3, -0.25) is 19.4 Å². The van der Waals surface area contributed by atoms with Crippen LogP contribution in [0.3, 0.4) is 0 Å². The number of nitrogens with two attached hydrogens (primary N) is 1. The minimum absolute atomic E-state index is 0.0737. The average molecular weight is 440 g/mol. The first kappa shape index (κ1) is 21.8. The number of halogens is 1. The zero-order chi connectivity index (χ0) is 22.8. The van der Waals surface area contributed by atoms with Gasteiger partial charge in [0.15, 0.2) is 0 Å². The van der Waals surface area contributed by atoms with Crippen LogP contribution in [-0.4, -0.2) is 55.1 Å². The zero-order valence-corrected chi connectivity index (χ0v) is 17.7. The molecule has 1 unspecified atom stereocenters. The number of likely N-dealkylation sites (tertiary alicyclic amines) is 1. The second-order valence-corrected chi connectivity index (χ2v) is 8.21. The summed E-state index contributed by atoms with van der Waals surface area (Å²) in [5, 5.41) is 2.61. The van der Waals surface area contributed by atoms with Gasteiger partial charge in [-0.25, -0.2) is 9.18 Å². The Morgan fingerprint density at radius 3 is 2.50 bits per heavy atom. The van der Waals surface area contributed by atoms with E-state index >= 15 is 0 Å². The number of carbonyl (C=O) groups is 3. The monoisotopic (exact) mass is 440 g/mol. The van der Waals surface area contributed by atoms with E-state index < -0.39 is 18.0 Å². The minimum Gasteiger partial charge on any atom is -0.442 e. The van der Waals surface area contributed by atoms with Crippen molar-refractivity contribution in [3.8, 4) is 11.1 Å². The Labute approximate surface area is 185 Å². The fraction of sp³-hybridized carbons (Fsp3) is 0.348. The van der Waals surface area contributed by atoms with Crippen molar-refractivity contribution in [1.29, 1.82) is 0 Å². The van der Waals surface area contributed by atoms with Gasteiger partial charge in [-0.15, -0.1) is 0 Å². The van der Waals surface area contributed by atoms with Crippen LogP contribution in [0.15, 0.2) is 42.5 Å². The molecule has 8 nitrogen and oxygen atoms in total. The third-order valence-corrected chi connectivity index (χ3v) is 5.75. The molecule has 0 radical (unpaired) electrons. The van der Waals surface area contributed by atoms with Crippen LogP contribution in [0, 0.1) is 11.7 Å². The average Bonchev–Trinajstić information content (AvgIpc) is 3.09. The number of amides is 3. The minimum atomic E-state index is -0.568. The number of anilines is 1. The molecule has 0 spiro atoms. The second-order valence-electron chi connectivity index (χ2n) is 8.21. The summed E-state index contributed by atoms with van der Waals surface area (Å²) >= 11 is 0. The van der Waals surface area contributed by atoms with Crippen LogP contribution >= 0.6 is 0 Å². The molecule has 2 aromatic rings. The van der Waals surface area contributed by atoms with E-state index in [2.05, 4.69) is 10.2 Å². The summed E-state index contributed by atoms with van der Waals surface area (Å²) in [6.07, 6.45) is -1.05. The number of rotatable bonds is 7. The van der Waals surface area contributed by atoms with Crippen LogP contribution in [0.2, 0.25) is 0 Å². The molecule has 9 heteroatoms. The molecule has 2 fully saturated rings. The number of cyclic esters (lactones) is 1. The number of benzene rings is 2. The molecular weight excluding hydrogens is 415 g/mol. The van der Waals surface area contributed by atoms with Gasteiger partial charge in [-0.1, -0.05) is 24.3 Å². The van der Waals surface area contributed by atoms with E-state index in [1.54, 1.807) is 12.1 Å². The fourth-order valence-corrected chi connectivity index (χ4v) is 3.93. The van der Waals surface area contributed by atoms with Crippen LogP contribution in [0.25, 0.3) is 11.1 Å². The number of ether oxygens (including phenoxy) is 1. The summed E-state index contributed by atoms with van der Waals surface area (Å²) in [6.45, 7) is 3.88. The summed E-state index contributed by atoms with van der Waals surface area (Å²) in [5.41, 5.74) is 7.92. The van der Waals surface area contributed by atoms with Crippen molar-refractivity contribution in [3.63, 3.8) is 0 Å². The quantitative estimate of drug-likeness (QED) is 0.684. The second kappa shape index (κ2) is 8.96. The number of nitrogens with zero attached hydrogens (tertiary/aromatic N) is 2. The highest BCUT2D eigenvalue weighted by Crippen LogP contribution is 2.29. The van der Waals surface area contributed by atoms with Gasteiger partial charge in [0.1, 0.15) is 11.9 Å². The highest BCUT2D eigenvalue weighted by molar-refractivity contribution is 5.90. The molecule has 0 aromatic heterocycles. The number of primary amides is 1. The highest BCUT2D eigenvalue weighted by Gasteiger charge is 2.33. The number of carbonyl (C=O) groups excluding carboxylic acids is 3. The zero-order valence-electron chi connectivity index (χ0n) is 17.7. The van der Waals surface area contributed by atoms with Crippen molar-refractivity contribution in [2.75, 3.05) is 31.1 Å². The first-order valence-electron chi connectivity index (χ1n) is 10.4. The third kappa shape index (κ3) is 4.72. The molecule has 2 saturated heterocycles. The Kier molecular flexibility index (Phi) is 6.09. The molecular formula is C23H25FN4O4. The lowest BCUT2D eigenvalue weighted by Gasteiger charge is -2.37. The van der Waals surface area contributed by atoms with Crippen molar-refractivity contribution in [1.82, 2.24) is 10.2 Å². The maximum absolute atomic E-state index is 14.9. The van der Waals surface area contributed by atoms with Gasteiger partial charge in [-0.05, 0) is 29.3 Å². The van der Waals surface area contributed by atoms with Gasteiger partial charge in [-0.2, -0.15) is 0 Å². The summed E-state index contributed by atoms with van der Waals surface area (Å²) in [4.78, 5) is 37.8. The molecule has 0 aliphatic carbocycles. The lowest BCUT2D eigenvalue weighted by Crippen LogP contribution is -2.51. The highest BCUT2D eigenvalue weighted by atomic mass is 19.1. The van der Waals surface area contributed by atoms with Crippen molar-refractivity contribution in [3.05, 3.63) is 53.8 Å². The van der Waals surface area contributed by atoms with E-state index in [1.807, 2.05) is 24.3 Å². The Morgan fingerprint density at radius 1 is 1.16 bits per heavy atom. The van der Waals surface area contributed by atoms with Crippen LogP contribution < -0.4 is 16.0 Å². The van der Waals surface area contributed by atoms with E-state index in [9.17, 15) is 18.8 Å². The first-order valence-corrected chi connectivity index (χ1v) is 10.4. The normalized spacial score (nSPS) is 18.9. The summed E-state index contributed by atoms with van der Waals surface area (Å²) in [5.74, 6) is -0.988. The molecule has 2 aliphatic heterocycles. The standard InChI is InChI=1S/C23H25FN4O4/c1-14(29)26-9-19-13-28(23(31)32-19)18-6-7-20(21(24)8-18)16-4-2-15(3-5-16)10-27-11-17(12-27)22(25)30/h2-8,17,19H,9-13H2,1H3,(H2,25,30)(H,26,29). The van der Waals surface area contributed by atoms with Crippen LogP contribution in [-0.2, 0) is 20.9 Å². The van der Waals surface area contributed by atoms with Gasteiger partial charge >= 0.3 is 6.09 Å². The van der Waals surface area contributed by atoms with E-state index in [1.165, 1.54) is 17.9 Å². The molecule has 0 bridgehead atoms. The SMILES string of the molecule is CC(=O)NCC1CN(c2ccc(-c3ccc(CN4CC(C(N)=O)C4)cc3)c(F)c2)C(=O)O1. The van der Waals surface area contributed by atoms with Crippen LogP contribution in [0.1, 0.15) is 12.5 Å². The van der Waals surface area contributed by atoms with Gasteiger partial charge in [0.2, 0.25) is 11.8 Å². The Bertz CT molecular complexity index is 1040. The van der Waals surface area contributed by atoms with Crippen molar-refractivity contribution in [2.45, 2.75) is 19.6 Å². The molecule has 2 aromatic carbocycles. The molecule has 168 valence electrons. The Hall–Kier alpha value is -3.46. The molecule has 3 N–H and O–H groups in total. The summed E-state index contributed by atoms with van der Waals surface area (Å²) in [6, 6.07) is 12.2. The number of hydrogen-bond acceptors (Lipinski definition) is 5. The van der Waals surface area contributed by atoms with Gasteiger partial charge < -0.3 is 15.8 Å². The molecule has 4 rings (SSSR count). The van der Waals surface area contributed by atoms with Gasteiger partial charge in [0, 0.05) is 32.1 Å². The number of nitrogens with one attached hydrogen (secondary N) is 1. The maximum Gasteiger partial charge on any atom is 0.414 e. The van der Waals surface area contributed by atoms with E-state index in [0.717, 1.165) is 11.1 Å². The lowest BCUT2D eigenvalue weighted by molar-refractivity contribution is -0.127. The van der Waals surface area contributed by atoms with E-state index in [0.29, 0.717) is 30.9 Å². The van der Waals surface area contributed by atoms with Gasteiger partial charge in [0.25, 0.3) is 0 Å². The largest absolute Gasteiger partial charge is 0.442 e. The molecule has 1 atom stereocenters. The Balaban J connectivity index is 1.39. The summed E-state index contributed by atoms with van der Waals surface area (Å²) in [7, 11) is 0. The van der Waals surface area contributed by atoms with E-state index in [4.69, 9.17) is 10.5 Å². The van der Waals surface area contributed by atoms with Crippen LogP contribution in [0.4, 0.5) is 14.9 Å². The predicted octanol–water partition coefficient (Wildman–Crippen LogP) is 1.87. The third-order valence-electron chi connectivity index (χ3n) is 5.75. The first-order chi connectivity index (χ1) is 15.3. The lowest BCUT2D eigenvalue weighted by atomic mass is 9.98. The van der Waals surface area contributed by atoms with Gasteiger partial charge in [0.05, 0.1) is 24.7 Å². The molecule has 0 saturated carbocycles. The van der Waals surface area contributed by atoms with E-state index in [-0.39, 0.29) is 30.8 Å². The van der Waals surface area contributed by atoms with Crippen molar-refractivity contribution in [2.24, 2.45) is 11.7 Å². The van der Waals surface area contributed by atoms with Crippen LogP contribution in [0.5, 0.6) is 0 Å².